The minimum absolute atomic E-state index is 0.0260. The van der Waals surface area contributed by atoms with E-state index in [4.69, 9.17) is 62.9 Å². The van der Waals surface area contributed by atoms with Crippen LogP contribution in [0.5, 0.6) is 0 Å². The molecule has 0 unspecified atom stereocenters. The molecule has 2 aromatic rings. The number of aliphatic hydroxyl groups is 1. The summed E-state index contributed by atoms with van der Waals surface area (Å²) in [6.45, 7) is 8.96. The van der Waals surface area contributed by atoms with E-state index in [-0.39, 0.29) is 53.7 Å². The standard InChI is InChI=1S/C43H68F2N7O20P/c1-28(2)35(46)39(56)48-29(3)37(54)49-31-6-5-30(26-70-42(58)51-34-7-9-52(41(57)50-34)40-43(44,45)36(53)33(72-40)27-71-73(59,60)61)32(25-31)38(55)47-8-10-63-13-14-65-17-18-67-21-22-69-24-23-68-20-19-66-16-15-64-12-11-62-4/h5-7,9,25,28-29,33,35-36,40,53H,8,10-24,26-27,46H2,1-4H3,(H,47,55)(H,48,56)(H,49,54)(H2,59,60,61)(H,50,51,57,58)/t29-,33-,35+,36-,40-/m1/s1. The third-order valence-corrected chi connectivity index (χ3v) is 10.5. The summed E-state index contributed by atoms with van der Waals surface area (Å²) in [4.78, 5) is 85.8. The number of hydrogen-bond donors (Lipinski definition) is 8. The molecular weight excluding hydrogens is 1000 g/mol. The molecule has 9 N–H and O–H groups in total. The fourth-order valence-corrected chi connectivity index (χ4v) is 6.38. The Kier molecular flexibility index (Phi) is 28.5. The van der Waals surface area contributed by atoms with Gasteiger partial charge in [0.25, 0.3) is 5.91 Å². The van der Waals surface area contributed by atoms with Crippen LogP contribution < -0.4 is 32.7 Å². The third-order valence-electron chi connectivity index (χ3n) is 10.0. The molecule has 27 nitrogen and oxygen atoms in total. The largest absolute Gasteiger partial charge is 0.469 e. The van der Waals surface area contributed by atoms with Crippen molar-refractivity contribution >= 4 is 43.1 Å². The molecule has 4 amide bonds. The van der Waals surface area contributed by atoms with Crippen LogP contribution >= 0.6 is 7.82 Å². The number of amides is 4. The zero-order chi connectivity index (χ0) is 53.8. The van der Waals surface area contributed by atoms with Crippen LogP contribution in [0.4, 0.5) is 25.1 Å². The number of alkyl halides is 2. The lowest BCUT2D eigenvalue weighted by Gasteiger charge is -2.21. The van der Waals surface area contributed by atoms with Gasteiger partial charge in [0.2, 0.25) is 18.0 Å². The number of carbonyl (C=O) groups is 4. The fraction of sp³-hybridized carbons (Fsp3) is 0.674. The number of methoxy groups -OCH3 is 1. The average Bonchev–Trinajstić information content (AvgIpc) is 3.56. The van der Waals surface area contributed by atoms with Crippen LogP contribution in [0.25, 0.3) is 0 Å². The molecule has 414 valence electrons. The van der Waals surface area contributed by atoms with Crippen LogP contribution in [0.2, 0.25) is 0 Å². The summed E-state index contributed by atoms with van der Waals surface area (Å²) >= 11 is 0. The van der Waals surface area contributed by atoms with Crippen molar-refractivity contribution in [3.8, 4) is 0 Å². The molecule has 1 aliphatic rings. The van der Waals surface area contributed by atoms with E-state index >= 15 is 0 Å². The Morgan fingerprint density at radius 2 is 1.36 bits per heavy atom. The summed E-state index contributed by atoms with van der Waals surface area (Å²) in [6, 6.07) is 3.14. The van der Waals surface area contributed by atoms with Crippen molar-refractivity contribution < 1.29 is 99.3 Å². The first-order chi connectivity index (χ1) is 34.7. The highest BCUT2D eigenvalue weighted by atomic mass is 31.2. The molecule has 3 rings (SSSR count). The van der Waals surface area contributed by atoms with Gasteiger partial charge in [-0.1, -0.05) is 19.9 Å². The number of halogens is 2. The fourth-order valence-electron chi connectivity index (χ4n) is 6.04. The lowest BCUT2D eigenvalue weighted by Crippen LogP contribution is -2.50. The number of aromatic nitrogens is 2. The number of phosphoric acid groups is 1. The van der Waals surface area contributed by atoms with Gasteiger partial charge in [-0.15, -0.1) is 0 Å². The number of ether oxygens (including phenoxy) is 10. The highest BCUT2D eigenvalue weighted by Crippen LogP contribution is 2.44. The summed E-state index contributed by atoms with van der Waals surface area (Å²) in [5.41, 5.74) is 4.74. The number of carbonyl (C=O) groups excluding carboxylic acids is 4. The second-order valence-corrected chi connectivity index (χ2v) is 17.3. The molecule has 1 aromatic carbocycles. The molecule has 73 heavy (non-hydrogen) atoms. The molecule has 2 heterocycles. The van der Waals surface area contributed by atoms with Crippen molar-refractivity contribution in [2.45, 2.75) is 63.8 Å². The van der Waals surface area contributed by atoms with E-state index in [1.54, 1.807) is 21.0 Å². The van der Waals surface area contributed by atoms with Crippen molar-refractivity contribution in [3.05, 3.63) is 52.1 Å². The minimum Gasteiger partial charge on any atom is -0.444 e. The molecule has 0 aliphatic carbocycles. The Labute approximate surface area is 419 Å². The van der Waals surface area contributed by atoms with E-state index in [1.165, 1.54) is 25.1 Å². The molecule has 30 heteroatoms. The van der Waals surface area contributed by atoms with Crippen molar-refractivity contribution in [3.63, 3.8) is 0 Å². The minimum atomic E-state index is -5.12. The maximum Gasteiger partial charge on any atom is 0.469 e. The zero-order valence-corrected chi connectivity index (χ0v) is 41.9. The summed E-state index contributed by atoms with van der Waals surface area (Å²) in [5.74, 6) is -6.64. The summed E-state index contributed by atoms with van der Waals surface area (Å²) in [6.07, 6.45) is -7.48. The van der Waals surface area contributed by atoms with Crippen LogP contribution in [0, 0.1) is 5.92 Å². The van der Waals surface area contributed by atoms with Gasteiger partial charge in [0.15, 0.2) is 6.10 Å². The van der Waals surface area contributed by atoms with E-state index in [0.717, 1.165) is 12.3 Å². The molecule has 0 bridgehead atoms. The predicted octanol–water partition coefficient (Wildman–Crippen LogP) is -0.0862. The topological polar surface area (TPSA) is 357 Å². The van der Waals surface area contributed by atoms with Gasteiger partial charge >= 0.3 is 25.5 Å². The van der Waals surface area contributed by atoms with E-state index in [0.29, 0.717) is 79.3 Å². The smallest absolute Gasteiger partial charge is 0.444 e. The molecule has 5 atom stereocenters. The van der Waals surface area contributed by atoms with Gasteiger partial charge in [0.05, 0.1) is 112 Å². The van der Waals surface area contributed by atoms with Gasteiger partial charge in [0.1, 0.15) is 24.6 Å². The van der Waals surface area contributed by atoms with Crippen LogP contribution in [0.15, 0.2) is 35.3 Å². The van der Waals surface area contributed by atoms with Crippen molar-refractivity contribution in [1.82, 2.24) is 20.2 Å². The average molecular weight is 1070 g/mol. The Morgan fingerprint density at radius 3 is 1.86 bits per heavy atom. The lowest BCUT2D eigenvalue weighted by atomic mass is 10.0. The number of rotatable bonds is 37. The van der Waals surface area contributed by atoms with Crippen LogP contribution in [-0.4, -0.2) is 198 Å². The van der Waals surface area contributed by atoms with Crippen molar-refractivity contribution in [2.75, 3.05) is 130 Å². The highest BCUT2D eigenvalue weighted by molar-refractivity contribution is 7.46. The highest BCUT2D eigenvalue weighted by Gasteiger charge is 2.60. The Morgan fingerprint density at radius 1 is 0.822 bits per heavy atom. The second kappa shape index (κ2) is 33.3. The molecule has 0 saturated carbocycles. The van der Waals surface area contributed by atoms with Crippen LogP contribution in [-0.2, 0) is 72.7 Å². The quantitative estimate of drug-likeness (QED) is 0.0324. The molecular formula is C43H68F2N7O20P. The van der Waals surface area contributed by atoms with E-state index in [2.05, 4.69) is 30.8 Å². The summed E-state index contributed by atoms with van der Waals surface area (Å²) in [7, 11) is -3.51. The Hall–Kier alpha value is -4.69. The summed E-state index contributed by atoms with van der Waals surface area (Å²) < 4.78 is 98.5. The number of nitrogens with two attached hydrogens (primary N) is 1. The van der Waals surface area contributed by atoms with Gasteiger partial charge in [-0.25, -0.2) is 14.2 Å². The number of hydrogen-bond acceptors (Lipinski definition) is 20. The van der Waals surface area contributed by atoms with Gasteiger partial charge in [-0.05, 0) is 31.0 Å². The molecule has 1 aliphatic heterocycles. The van der Waals surface area contributed by atoms with E-state index < -0.39 is 92.8 Å². The van der Waals surface area contributed by atoms with Gasteiger partial charge in [-0.3, -0.25) is 28.8 Å². The normalized spacial score (nSPS) is 17.3. The monoisotopic (exact) mass is 1070 g/mol. The van der Waals surface area contributed by atoms with Gasteiger partial charge in [0, 0.05) is 36.7 Å². The number of phosphoric ester groups is 1. The van der Waals surface area contributed by atoms with Crippen molar-refractivity contribution in [1.29, 1.82) is 0 Å². The first-order valence-corrected chi connectivity index (χ1v) is 24.5. The predicted molar refractivity (Wildman–Crippen MR) is 251 cm³/mol. The molecule has 0 spiro atoms. The Balaban J connectivity index is 1.46. The SMILES string of the molecule is COCCOCCOCCOCCOCCOCCOCCOCCNC(=O)c1cc(NC(=O)[C@@H](C)NC(=O)[C@@H](N)C(C)C)ccc1COC(=O)Nc1ccn([C@@H]2O[C@H](COP(=O)(O)O)[C@@H](O)C2(F)F)c(=O)n1. The van der Waals surface area contributed by atoms with Gasteiger partial charge < -0.3 is 83.9 Å². The molecule has 0 radical (unpaired) electrons. The third kappa shape index (κ3) is 23.6. The van der Waals surface area contributed by atoms with E-state index in [1.807, 2.05) is 0 Å². The maximum absolute atomic E-state index is 14.9. The summed E-state index contributed by atoms with van der Waals surface area (Å²) in [5, 5.41) is 20.0. The molecule has 1 aromatic heterocycles. The van der Waals surface area contributed by atoms with Gasteiger partial charge in [-0.2, -0.15) is 13.8 Å². The van der Waals surface area contributed by atoms with Crippen LogP contribution in [0.3, 0.4) is 0 Å². The number of aliphatic hydroxyl groups excluding tert-OH is 1. The number of anilines is 2. The number of benzene rings is 1. The second-order valence-electron chi connectivity index (χ2n) is 16.0. The number of nitrogens with zero attached hydrogens (tertiary/aromatic N) is 2. The van der Waals surface area contributed by atoms with Crippen molar-refractivity contribution in [2.24, 2.45) is 11.7 Å². The molecule has 1 saturated heterocycles. The van der Waals surface area contributed by atoms with E-state index in [9.17, 15) is 42.4 Å². The van der Waals surface area contributed by atoms with Crippen LogP contribution in [0.1, 0.15) is 42.9 Å². The first kappa shape index (κ1) is 62.6. The maximum atomic E-state index is 14.9. The Bertz CT molecular complexity index is 2110. The first-order valence-electron chi connectivity index (χ1n) is 23.0. The zero-order valence-electron chi connectivity index (χ0n) is 41.0. The molecule has 1 fully saturated rings. The number of nitrogens with one attached hydrogen (secondary N) is 4. The lowest BCUT2D eigenvalue weighted by molar-refractivity contribution is -0.140.